The van der Waals surface area contributed by atoms with Crippen LogP contribution < -0.4 is 10.2 Å². The van der Waals surface area contributed by atoms with E-state index in [4.69, 9.17) is 4.74 Å². The molecule has 1 amide bonds. The Kier molecular flexibility index (Phi) is 5.34. The molecular weight excluding hydrogens is 401 g/mol. The zero-order valence-electron chi connectivity index (χ0n) is 17.6. The second kappa shape index (κ2) is 7.98. The molecule has 31 heavy (non-hydrogen) atoms. The highest BCUT2D eigenvalue weighted by molar-refractivity contribution is 5.97. The number of hydrogen-bond donors (Lipinski definition) is 1. The molecule has 1 aliphatic heterocycles. The van der Waals surface area contributed by atoms with Crippen molar-refractivity contribution in [1.29, 1.82) is 0 Å². The molecule has 0 bridgehead atoms. The number of nitrogens with zero attached hydrogens (tertiary/aromatic N) is 4. The van der Waals surface area contributed by atoms with Crippen molar-refractivity contribution < 1.29 is 18.7 Å². The third-order valence-corrected chi connectivity index (χ3v) is 5.32. The van der Waals surface area contributed by atoms with Gasteiger partial charge in [0.1, 0.15) is 11.6 Å². The van der Waals surface area contributed by atoms with Crippen LogP contribution in [0.3, 0.4) is 0 Å². The summed E-state index contributed by atoms with van der Waals surface area (Å²) in [5.41, 5.74) is 0.123. The van der Waals surface area contributed by atoms with Gasteiger partial charge in [-0.2, -0.15) is 4.52 Å². The van der Waals surface area contributed by atoms with Crippen molar-refractivity contribution in [2.24, 2.45) is 0 Å². The SMILES string of the molecule is CC(=O)OC(C)(C)C(=O)Nc1cnc2ccc(N3CCC[C@@H]3c3cccc(F)c3)nn12. The van der Waals surface area contributed by atoms with E-state index in [1.165, 1.54) is 37.5 Å². The smallest absolute Gasteiger partial charge is 0.303 e. The van der Waals surface area contributed by atoms with Gasteiger partial charge in [0.15, 0.2) is 17.1 Å². The Morgan fingerprint density at radius 3 is 2.81 bits per heavy atom. The molecule has 1 N–H and O–H groups in total. The molecule has 0 spiro atoms. The van der Waals surface area contributed by atoms with E-state index in [9.17, 15) is 14.0 Å². The maximum absolute atomic E-state index is 13.7. The summed E-state index contributed by atoms with van der Waals surface area (Å²) in [5.74, 6) is -0.231. The number of rotatable bonds is 5. The zero-order chi connectivity index (χ0) is 22.2. The van der Waals surface area contributed by atoms with Crippen LogP contribution in [0.15, 0.2) is 42.6 Å². The van der Waals surface area contributed by atoms with Crippen molar-refractivity contribution in [3.8, 4) is 0 Å². The predicted octanol–water partition coefficient (Wildman–Crippen LogP) is 3.49. The summed E-state index contributed by atoms with van der Waals surface area (Å²) in [6.07, 6.45) is 3.36. The molecule has 0 radical (unpaired) electrons. The van der Waals surface area contributed by atoms with Gasteiger partial charge >= 0.3 is 5.97 Å². The van der Waals surface area contributed by atoms with E-state index in [1.54, 1.807) is 12.1 Å². The van der Waals surface area contributed by atoms with Crippen molar-refractivity contribution in [3.63, 3.8) is 0 Å². The van der Waals surface area contributed by atoms with Gasteiger partial charge in [0, 0.05) is 13.5 Å². The van der Waals surface area contributed by atoms with Gasteiger partial charge < -0.3 is 15.0 Å². The van der Waals surface area contributed by atoms with Crippen LogP contribution in [-0.2, 0) is 14.3 Å². The number of fused-ring (bicyclic) bond motifs is 1. The number of amides is 1. The monoisotopic (exact) mass is 425 g/mol. The number of benzene rings is 1. The quantitative estimate of drug-likeness (QED) is 0.630. The molecular formula is C22H24FN5O3. The van der Waals surface area contributed by atoms with Crippen molar-refractivity contribution in [1.82, 2.24) is 14.6 Å². The number of esters is 1. The van der Waals surface area contributed by atoms with Crippen LogP contribution in [0.5, 0.6) is 0 Å². The minimum absolute atomic E-state index is 0.0186. The molecule has 1 aromatic carbocycles. The number of aromatic nitrogens is 3. The lowest BCUT2D eigenvalue weighted by Crippen LogP contribution is -2.41. The average molecular weight is 425 g/mol. The first-order valence-corrected chi connectivity index (χ1v) is 10.1. The molecule has 3 heterocycles. The number of anilines is 2. The minimum Gasteiger partial charge on any atom is -0.450 e. The topological polar surface area (TPSA) is 88.8 Å². The minimum atomic E-state index is -1.34. The van der Waals surface area contributed by atoms with Crippen molar-refractivity contribution in [2.75, 3.05) is 16.8 Å². The highest BCUT2D eigenvalue weighted by Crippen LogP contribution is 2.35. The van der Waals surface area contributed by atoms with Crippen molar-refractivity contribution >= 4 is 29.2 Å². The lowest BCUT2D eigenvalue weighted by Gasteiger charge is -2.26. The Bertz CT molecular complexity index is 1140. The van der Waals surface area contributed by atoms with Gasteiger partial charge in [-0.15, -0.1) is 5.10 Å². The fraction of sp³-hybridized carbons (Fsp3) is 0.364. The number of carbonyl (C=O) groups excluding carboxylic acids is 2. The number of hydrogen-bond acceptors (Lipinski definition) is 6. The number of halogens is 1. The lowest BCUT2D eigenvalue weighted by molar-refractivity contribution is -0.160. The lowest BCUT2D eigenvalue weighted by atomic mass is 10.0. The van der Waals surface area contributed by atoms with E-state index in [0.717, 1.165) is 24.9 Å². The van der Waals surface area contributed by atoms with Crippen LogP contribution in [0.2, 0.25) is 0 Å². The molecule has 162 valence electrons. The first kappa shape index (κ1) is 20.8. The molecule has 1 atom stereocenters. The highest BCUT2D eigenvalue weighted by atomic mass is 19.1. The molecule has 9 heteroatoms. The van der Waals surface area contributed by atoms with Crippen LogP contribution >= 0.6 is 0 Å². The van der Waals surface area contributed by atoms with Gasteiger partial charge in [-0.1, -0.05) is 12.1 Å². The molecule has 1 fully saturated rings. The summed E-state index contributed by atoms with van der Waals surface area (Å²) in [5, 5.41) is 7.41. The van der Waals surface area contributed by atoms with E-state index in [-0.39, 0.29) is 11.9 Å². The first-order valence-electron chi connectivity index (χ1n) is 10.1. The maximum Gasteiger partial charge on any atom is 0.303 e. The van der Waals surface area contributed by atoms with Gasteiger partial charge in [-0.3, -0.25) is 9.59 Å². The Labute approximate surface area is 179 Å². The number of nitrogens with one attached hydrogen (secondary N) is 1. The standard InChI is InChI=1S/C22H24FN5O3/c1-14(29)31-22(2,3)21(30)25-20-13-24-18-9-10-19(26-28(18)20)27-11-5-8-17(27)15-6-4-7-16(23)12-15/h4,6-7,9-10,12-13,17H,5,8,11H2,1-3H3,(H,25,30)/t17-/m1/s1. The molecule has 3 aromatic rings. The number of imidazole rings is 1. The van der Waals surface area contributed by atoms with Crippen LogP contribution in [0.4, 0.5) is 16.0 Å². The molecule has 1 aliphatic rings. The summed E-state index contributed by atoms with van der Waals surface area (Å²) in [6, 6.07) is 10.3. The molecule has 8 nitrogen and oxygen atoms in total. The molecule has 0 aliphatic carbocycles. The average Bonchev–Trinajstić information content (AvgIpc) is 3.34. The van der Waals surface area contributed by atoms with Gasteiger partial charge in [0.05, 0.1) is 12.2 Å². The van der Waals surface area contributed by atoms with E-state index >= 15 is 0 Å². The zero-order valence-corrected chi connectivity index (χ0v) is 17.6. The predicted molar refractivity (Wildman–Crippen MR) is 113 cm³/mol. The summed E-state index contributed by atoms with van der Waals surface area (Å²) in [6.45, 7) is 5.07. The third kappa shape index (κ3) is 4.21. The van der Waals surface area contributed by atoms with Gasteiger partial charge in [-0.25, -0.2) is 9.37 Å². The van der Waals surface area contributed by atoms with Gasteiger partial charge in [-0.05, 0) is 56.5 Å². The van der Waals surface area contributed by atoms with E-state index in [1.807, 2.05) is 18.2 Å². The van der Waals surface area contributed by atoms with Crippen molar-refractivity contribution in [2.45, 2.75) is 45.3 Å². The first-order chi connectivity index (χ1) is 14.7. The number of ether oxygens (including phenoxy) is 1. The fourth-order valence-corrected chi connectivity index (χ4v) is 3.88. The van der Waals surface area contributed by atoms with Gasteiger partial charge in [0.25, 0.3) is 5.91 Å². The Morgan fingerprint density at radius 2 is 2.06 bits per heavy atom. The largest absolute Gasteiger partial charge is 0.450 e. The maximum atomic E-state index is 13.7. The van der Waals surface area contributed by atoms with Gasteiger partial charge in [0.2, 0.25) is 0 Å². The molecule has 2 aromatic heterocycles. The third-order valence-electron chi connectivity index (χ3n) is 5.32. The molecule has 0 saturated carbocycles. The van der Waals surface area contributed by atoms with E-state index in [2.05, 4.69) is 20.3 Å². The second-order valence-corrected chi connectivity index (χ2v) is 8.07. The van der Waals surface area contributed by atoms with Crippen LogP contribution in [-0.4, -0.2) is 38.6 Å². The van der Waals surface area contributed by atoms with Crippen LogP contribution in [0.1, 0.15) is 45.2 Å². The summed E-state index contributed by atoms with van der Waals surface area (Å²) in [4.78, 5) is 30.3. The summed E-state index contributed by atoms with van der Waals surface area (Å²) in [7, 11) is 0. The summed E-state index contributed by atoms with van der Waals surface area (Å²) >= 11 is 0. The summed E-state index contributed by atoms with van der Waals surface area (Å²) < 4.78 is 20.4. The van der Waals surface area contributed by atoms with E-state index < -0.39 is 17.5 Å². The Hall–Kier alpha value is -3.49. The molecule has 4 rings (SSSR count). The fourth-order valence-electron chi connectivity index (χ4n) is 3.88. The van der Waals surface area contributed by atoms with E-state index in [0.29, 0.717) is 17.3 Å². The molecule has 0 unspecified atom stereocenters. The van der Waals surface area contributed by atoms with Crippen LogP contribution in [0.25, 0.3) is 5.65 Å². The van der Waals surface area contributed by atoms with Crippen LogP contribution in [0, 0.1) is 5.82 Å². The Morgan fingerprint density at radius 1 is 1.26 bits per heavy atom. The molecule has 1 saturated heterocycles. The van der Waals surface area contributed by atoms with Crippen molar-refractivity contribution in [3.05, 3.63) is 54.0 Å². The Balaban J connectivity index is 1.62. The second-order valence-electron chi connectivity index (χ2n) is 8.07. The normalized spacial score (nSPS) is 16.5. The number of carbonyl (C=O) groups is 2. The highest BCUT2D eigenvalue weighted by Gasteiger charge is 2.32.